The van der Waals surface area contributed by atoms with Gasteiger partial charge in [0, 0.05) is 19.0 Å². The fraction of sp³-hybridized carbons (Fsp3) is 0.368. The van der Waals surface area contributed by atoms with Gasteiger partial charge in [0.05, 0.1) is 11.9 Å². The van der Waals surface area contributed by atoms with Gasteiger partial charge in [-0.2, -0.15) is 0 Å². The zero-order valence-electron chi connectivity index (χ0n) is 14.4. The minimum absolute atomic E-state index is 0.245. The summed E-state index contributed by atoms with van der Waals surface area (Å²) in [5, 5.41) is 0. The minimum Gasteiger partial charge on any atom is -0.305 e. The average Bonchev–Trinajstić information content (AvgIpc) is 2.67. The second kappa shape index (κ2) is 6.57. The fourth-order valence-corrected chi connectivity index (χ4v) is 4.04. The Bertz CT molecular complexity index is 832. The van der Waals surface area contributed by atoms with Gasteiger partial charge in [-0.05, 0) is 48.7 Å². The highest BCUT2D eigenvalue weighted by atomic mass is 32.2. The second-order valence-electron chi connectivity index (χ2n) is 6.72. The molecule has 0 saturated carbocycles. The molecule has 5 heteroatoms. The summed E-state index contributed by atoms with van der Waals surface area (Å²) in [5.41, 5.74) is 5.45. The Kier molecular flexibility index (Phi) is 4.65. The molecule has 0 radical (unpaired) electrons. The lowest BCUT2D eigenvalue weighted by atomic mass is 9.87. The molecule has 1 aliphatic heterocycles. The third kappa shape index (κ3) is 3.79. The number of benzene rings is 2. The van der Waals surface area contributed by atoms with E-state index in [1.54, 1.807) is 0 Å². The van der Waals surface area contributed by atoms with Crippen molar-refractivity contribution in [2.24, 2.45) is 0 Å². The minimum atomic E-state index is -3.29. The van der Waals surface area contributed by atoms with Gasteiger partial charge in [-0.3, -0.25) is 4.72 Å². The van der Waals surface area contributed by atoms with Crippen LogP contribution >= 0.6 is 0 Å². The van der Waals surface area contributed by atoms with Gasteiger partial charge in [-0.1, -0.05) is 36.4 Å². The van der Waals surface area contributed by atoms with Crippen molar-refractivity contribution in [3.05, 3.63) is 64.7 Å². The second-order valence-corrected chi connectivity index (χ2v) is 8.46. The highest BCUT2D eigenvalue weighted by Crippen LogP contribution is 2.34. The van der Waals surface area contributed by atoms with E-state index < -0.39 is 10.0 Å². The quantitative estimate of drug-likeness (QED) is 0.931. The molecule has 1 N–H and O–H groups in total. The molecule has 3 rings (SSSR count). The first-order valence-corrected chi connectivity index (χ1v) is 10.1. The molecule has 2 aromatic rings. The number of likely N-dealkylation sites (N-methyl/N-ethyl adjacent to an activating group) is 1. The normalized spacial score (nSPS) is 18.7. The topological polar surface area (TPSA) is 49.4 Å². The summed E-state index contributed by atoms with van der Waals surface area (Å²) in [6, 6.07) is 14.6. The monoisotopic (exact) mass is 344 g/mol. The van der Waals surface area contributed by atoms with Crippen LogP contribution in [0.5, 0.6) is 0 Å². The Hall–Kier alpha value is -1.85. The number of sulfonamides is 1. The van der Waals surface area contributed by atoms with Crippen molar-refractivity contribution in [3.8, 4) is 0 Å². The van der Waals surface area contributed by atoms with Crippen molar-refractivity contribution in [1.82, 2.24) is 4.90 Å². The standard InChI is InChI=1S/C19H24N2O2S/c1-14-11-16-9-10-21(2)13-18(15-7-5-4-6-8-15)17(16)12-19(14)20-24(3,22)23/h4-8,11-12,18,20H,9-10,13H2,1-3H3/t18-/m1/s1. The van der Waals surface area contributed by atoms with Crippen LogP contribution in [0.4, 0.5) is 5.69 Å². The van der Waals surface area contributed by atoms with Crippen molar-refractivity contribution < 1.29 is 8.42 Å². The zero-order chi connectivity index (χ0) is 17.3. The lowest BCUT2D eigenvalue weighted by Gasteiger charge is -2.23. The Balaban J connectivity index is 2.12. The summed E-state index contributed by atoms with van der Waals surface area (Å²) in [7, 11) is -1.15. The summed E-state index contributed by atoms with van der Waals surface area (Å²) < 4.78 is 26.0. The first kappa shape index (κ1) is 17.0. The predicted molar refractivity (Wildman–Crippen MR) is 99.1 cm³/mol. The van der Waals surface area contributed by atoms with Crippen LogP contribution in [0.25, 0.3) is 0 Å². The molecule has 1 heterocycles. The lowest BCUT2D eigenvalue weighted by molar-refractivity contribution is 0.338. The smallest absolute Gasteiger partial charge is 0.229 e. The lowest BCUT2D eigenvalue weighted by Crippen LogP contribution is -2.24. The van der Waals surface area contributed by atoms with Crippen LogP contribution in [-0.2, 0) is 16.4 Å². The fourth-order valence-electron chi connectivity index (χ4n) is 3.42. The Morgan fingerprint density at radius 2 is 1.88 bits per heavy atom. The van der Waals surface area contributed by atoms with E-state index in [1.807, 2.05) is 19.1 Å². The maximum Gasteiger partial charge on any atom is 0.229 e. The van der Waals surface area contributed by atoms with E-state index in [0.29, 0.717) is 5.69 Å². The molecule has 0 bridgehead atoms. The molecule has 0 saturated heterocycles. The average molecular weight is 344 g/mol. The van der Waals surface area contributed by atoms with Gasteiger partial charge in [0.2, 0.25) is 10.0 Å². The number of hydrogen-bond donors (Lipinski definition) is 1. The van der Waals surface area contributed by atoms with Gasteiger partial charge in [-0.25, -0.2) is 8.42 Å². The molecule has 0 unspecified atom stereocenters. The van der Waals surface area contributed by atoms with Crippen molar-refractivity contribution in [2.45, 2.75) is 19.3 Å². The molecular weight excluding hydrogens is 320 g/mol. The Morgan fingerprint density at radius 1 is 1.17 bits per heavy atom. The van der Waals surface area contributed by atoms with Crippen LogP contribution in [0.3, 0.4) is 0 Å². The van der Waals surface area contributed by atoms with Crippen LogP contribution in [0.1, 0.15) is 28.2 Å². The molecule has 0 aromatic heterocycles. The molecule has 2 aromatic carbocycles. The van der Waals surface area contributed by atoms with E-state index in [1.165, 1.54) is 22.9 Å². The van der Waals surface area contributed by atoms with Gasteiger partial charge < -0.3 is 4.90 Å². The van der Waals surface area contributed by atoms with E-state index in [4.69, 9.17) is 0 Å². The summed E-state index contributed by atoms with van der Waals surface area (Å²) in [5.74, 6) is 0.245. The summed E-state index contributed by atoms with van der Waals surface area (Å²) in [6.45, 7) is 3.90. The number of hydrogen-bond acceptors (Lipinski definition) is 3. The number of nitrogens with one attached hydrogen (secondary N) is 1. The van der Waals surface area contributed by atoms with Gasteiger partial charge in [-0.15, -0.1) is 0 Å². The molecule has 0 aliphatic carbocycles. The molecule has 4 nitrogen and oxygen atoms in total. The van der Waals surface area contributed by atoms with Gasteiger partial charge >= 0.3 is 0 Å². The third-order valence-corrected chi connectivity index (χ3v) is 5.21. The predicted octanol–water partition coefficient (Wildman–Crippen LogP) is 2.99. The van der Waals surface area contributed by atoms with E-state index in [-0.39, 0.29) is 5.92 Å². The van der Waals surface area contributed by atoms with Gasteiger partial charge in [0.1, 0.15) is 0 Å². The number of nitrogens with zero attached hydrogens (tertiary/aromatic N) is 1. The van der Waals surface area contributed by atoms with Crippen molar-refractivity contribution in [1.29, 1.82) is 0 Å². The van der Waals surface area contributed by atoms with Crippen molar-refractivity contribution in [2.75, 3.05) is 31.1 Å². The van der Waals surface area contributed by atoms with E-state index in [2.05, 4.69) is 47.0 Å². The van der Waals surface area contributed by atoms with Crippen molar-refractivity contribution >= 4 is 15.7 Å². The number of aryl methyl sites for hydroxylation is 1. The van der Waals surface area contributed by atoms with Crippen LogP contribution < -0.4 is 4.72 Å². The van der Waals surface area contributed by atoms with Gasteiger partial charge in [0.25, 0.3) is 0 Å². The number of rotatable bonds is 3. The molecular formula is C19H24N2O2S. The largest absolute Gasteiger partial charge is 0.305 e. The molecule has 0 spiro atoms. The zero-order valence-corrected chi connectivity index (χ0v) is 15.2. The maximum atomic E-state index is 11.7. The summed E-state index contributed by atoms with van der Waals surface area (Å²) >= 11 is 0. The van der Waals surface area contributed by atoms with Crippen LogP contribution in [0.2, 0.25) is 0 Å². The van der Waals surface area contributed by atoms with Crippen molar-refractivity contribution in [3.63, 3.8) is 0 Å². The molecule has 1 aliphatic rings. The third-order valence-electron chi connectivity index (χ3n) is 4.62. The summed E-state index contributed by atoms with van der Waals surface area (Å²) in [6.07, 6.45) is 2.18. The summed E-state index contributed by atoms with van der Waals surface area (Å²) in [4.78, 5) is 2.34. The molecule has 24 heavy (non-hydrogen) atoms. The van der Waals surface area contributed by atoms with Crippen LogP contribution in [-0.4, -0.2) is 39.7 Å². The molecule has 0 fully saturated rings. The Morgan fingerprint density at radius 3 is 2.54 bits per heavy atom. The van der Waals surface area contributed by atoms with Crippen LogP contribution in [0.15, 0.2) is 42.5 Å². The van der Waals surface area contributed by atoms with Gasteiger partial charge in [0.15, 0.2) is 0 Å². The SMILES string of the molecule is Cc1cc2c(cc1NS(C)(=O)=O)[C@@H](c1ccccc1)CN(C)CC2. The highest BCUT2D eigenvalue weighted by molar-refractivity contribution is 7.92. The van der Waals surface area contributed by atoms with E-state index in [0.717, 1.165) is 25.1 Å². The molecule has 128 valence electrons. The van der Waals surface area contributed by atoms with E-state index in [9.17, 15) is 8.42 Å². The molecule has 1 atom stereocenters. The first-order valence-electron chi connectivity index (χ1n) is 8.18. The number of fused-ring (bicyclic) bond motifs is 1. The Labute approximate surface area is 144 Å². The number of anilines is 1. The first-order chi connectivity index (χ1) is 11.3. The molecule has 0 amide bonds. The maximum absolute atomic E-state index is 11.7. The van der Waals surface area contributed by atoms with E-state index >= 15 is 0 Å². The highest BCUT2D eigenvalue weighted by Gasteiger charge is 2.24. The van der Waals surface area contributed by atoms with Crippen LogP contribution in [0, 0.1) is 6.92 Å².